The molecule has 0 radical (unpaired) electrons. The first-order valence-electron chi connectivity index (χ1n) is 26.3. The summed E-state index contributed by atoms with van der Waals surface area (Å²) >= 11 is 0. The molecule has 0 saturated carbocycles. The third kappa shape index (κ3) is 19.2. The Morgan fingerprint density at radius 2 is 0.235 bits per heavy atom. The first-order valence-corrected chi connectivity index (χ1v) is 31.6. The third-order valence-electron chi connectivity index (χ3n) is 12.2. The normalized spacial score (nSPS) is 10.2. The SMILES string of the molecule is O=C(O)O.[Pd].c1ccc(P(c2ccccc2)c2ccccc2)cc1.c1ccc(P(c2ccccc2)c2ccccc2)cc1.c1ccc(P(c2ccccc2)c2ccccc2)cc1.c1ccc(P(c2ccccc2)c2ccccc2)cc1. The second-order valence-corrected chi connectivity index (χ2v) is 26.5. The van der Waals surface area contributed by atoms with E-state index in [9.17, 15) is 0 Å². The second kappa shape index (κ2) is 34.4. The van der Waals surface area contributed by atoms with Crippen LogP contribution in [0.15, 0.2) is 364 Å². The Labute approximate surface area is 497 Å². The van der Waals surface area contributed by atoms with Crippen molar-refractivity contribution in [2.45, 2.75) is 0 Å². The molecule has 3 nitrogen and oxygen atoms in total. The minimum atomic E-state index is -1.83. The molecule has 402 valence electrons. The summed E-state index contributed by atoms with van der Waals surface area (Å²) < 4.78 is 0. The van der Waals surface area contributed by atoms with E-state index in [0.717, 1.165) is 0 Å². The molecule has 0 saturated heterocycles. The zero-order valence-corrected chi connectivity index (χ0v) is 49.7. The summed E-state index contributed by atoms with van der Waals surface area (Å²) in [6, 6.07) is 129. The van der Waals surface area contributed by atoms with Crippen molar-refractivity contribution in [3.63, 3.8) is 0 Å². The van der Waals surface area contributed by atoms with E-state index < -0.39 is 37.8 Å². The molecule has 12 rings (SSSR count). The molecule has 0 aromatic heterocycles. The molecular formula is C73H62O3P4Pd. The van der Waals surface area contributed by atoms with Crippen LogP contribution in [0.1, 0.15) is 0 Å². The molecule has 2 N–H and O–H groups in total. The van der Waals surface area contributed by atoms with E-state index in [-0.39, 0.29) is 20.4 Å². The number of hydrogen-bond donors (Lipinski definition) is 2. The molecule has 0 aliphatic rings. The standard InChI is InChI=1S/4C18H15P.CH2O3.Pd/c4*1-4-10-16(11-5-1)19(17-12-6-2-7-13-17)18-14-8-3-9-15-18;2-1(3)4;/h4*1-15H;(H2,2,3,4);. The molecular weight excluding hydrogens is 1160 g/mol. The van der Waals surface area contributed by atoms with E-state index in [0.29, 0.717) is 0 Å². The number of benzene rings is 12. The van der Waals surface area contributed by atoms with Gasteiger partial charge in [0.1, 0.15) is 0 Å². The van der Waals surface area contributed by atoms with Crippen LogP contribution in [0, 0.1) is 0 Å². The van der Waals surface area contributed by atoms with Crippen LogP contribution in [0.4, 0.5) is 4.79 Å². The Kier molecular flexibility index (Phi) is 25.9. The molecule has 0 heterocycles. The van der Waals surface area contributed by atoms with Gasteiger partial charge >= 0.3 is 6.16 Å². The van der Waals surface area contributed by atoms with E-state index in [1.54, 1.807) is 0 Å². The van der Waals surface area contributed by atoms with Gasteiger partial charge in [-0.05, 0) is 95.3 Å². The van der Waals surface area contributed by atoms with Gasteiger partial charge < -0.3 is 10.2 Å². The zero-order chi connectivity index (χ0) is 55.2. The van der Waals surface area contributed by atoms with E-state index in [4.69, 9.17) is 15.0 Å². The van der Waals surface area contributed by atoms with Crippen LogP contribution >= 0.6 is 31.7 Å². The Balaban J connectivity index is 0.000000152. The Morgan fingerprint density at radius 3 is 0.296 bits per heavy atom. The van der Waals surface area contributed by atoms with Crippen molar-refractivity contribution < 1.29 is 35.4 Å². The number of carboxylic acid groups (broad SMARTS) is 2. The molecule has 8 heteroatoms. The average molecular weight is 1220 g/mol. The number of carbonyl (C=O) groups is 1. The molecule has 12 aromatic rings. The summed E-state index contributed by atoms with van der Waals surface area (Å²) in [6.45, 7) is 0. The molecule has 0 bridgehead atoms. The van der Waals surface area contributed by atoms with Gasteiger partial charge in [0.05, 0.1) is 0 Å². The van der Waals surface area contributed by atoms with Crippen molar-refractivity contribution in [3.8, 4) is 0 Å². The van der Waals surface area contributed by atoms with Gasteiger partial charge in [-0.1, -0.05) is 364 Å². The molecule has 81 heavy (non-hydrogen) atoms. The number of hydrogen-bond acceptors (Lipinski definition) is 1. The smallest absolute Gasteiger partial charge is 0.450 e. The van der Waals surface area contributed by atoms with Crippen LogP contribution in [0.5, 0.6) is 0 Å². The quantitative estimate of drug-likeness (QED) is 0.0947. The van der Waals surface area contributed by atoms with Gasteiger partial charge in [0, 0.05) is 20.4 Å². The molecule has 0 atom stereocenters. The van der Waals surface area contributed by atoms with Crippen molar-refractivity contribution in [2.75, 3.05) is 0 Å². The fourth-order valence-electron chi connectivity index (χ4n) is 8.71. The first-order chi connectivity index (χ1) is 39.5. The van der Waals surface area contributed by atoms with Crippen molar-refractivity contribution in [1.82, 2.24) is 0 Å². The zero-order valence-electron chi connectivity index (χ0n) is 44.5. The molecule has 0 aliphatic carbocycles. The summed E-state index contributed by atoms with van der Waals surface area (Å²) in [4.78, 5) is 8.56. The van der Waals surface area contributed by atoms with Crippen LogP contribution in [-0.2, 0) is 20.4 Å². The van der Waals surface area contributed by atoms with Gasteiger partial charge in [-0.15, -0.1) is 0 Å². The van der Waals surface area contributed by atoms with E-state index in [1.807, 2.05) is 0 Å². The van der Waals surface area contributed by atoms with Crippen molar-refractivity contribution in [3.05, 3.63) is 364 Å². The maximum atomic E-state index is 8.56. The van der Waals surface area contributed by atoms with Gasteiger partial charge in [-0.3, -0.25) is 0 Å². The second-order valence-electron chi connectivity index (χ2n) is 17.7. The third-order valence-corrected chi connectivity index (χ3v) is 21.9. The van der Waals surface area contributed by atoms with Crippen molar-refractivity contribution in [2.24, 2.45) is 0 Å². The predicted octanol–water partition coefficient (Wildman–Crippen LogP) is 14.0. The topological polar surface area (TPSA) is 57.5 Å². The Hall–Kier alpha value is -7.71. The maximum Gasteiger partial charge on any atom is 0.503 e. The summed E-state index contributed by atoms with van der Waals surface area (Å²) in [7, 11) is -1.78. The van der Waals surface area contributed by atoms with Crippen LogP contribution in [0.2, 0.25) is 0 Å². The van der Waals surface area contributed by atoms with Gasteiger partial charge in [0.25, 0.3) is 0 Å². The molecule has 0 unspecified atom stereocenters. The van der Waals surface area contributed by atoms with Crippen LogP contribution in [0.25, 0.3) is 0 Å². The fraction of sp³-hybridized carbons (Fsp3) is 0. The average Bonchev–Trinajstić information content (AvgIpc) is 3.56. The number of rotatable bonds is 12. The largest absolute Gasteiger partial charge is 0.503 e. The van der Waals surface area contributed by atoms with Crippen LogP contribution in [0.3, 0.4) is 0 Å². The van der Waals surface area contributed by atoms with E-state index in [2.05, 4.69) is 364 Å². The van der Waals surface area contributed by atoms with Crippen LogP contribution < -0.4 is 63.7 Å². The van der Waals surface area contributed by atoms with E-state index in [1.165, 1.54) is 63.7 Å². The van der Waals surface area contributed by atoms with Crippen LogP contribution in [-0.4, -0.2) is 16.4 Å². The Morgan fingerprint density at radius 1 is 0.173 bits per heavy atom. The van der Waals surface area contributed by atoms with Gasteiger partial charge in [0.15, 0.2) is 0 Å². The summed E-state index contributed by atoms with van der Waals surface area (Å²) in [5.41, 5.74) is 0. The van der Waals surface area contributed by atoms with Gasteiger partial charge in [-0.25, -0.2) is 4.79 Å². The monoisotopic (exact) mass is 1220 g/mol. The van der Waals surface area contributed by atoms with Gasteiger partial charge in [-0.2, -0.15) is 0 Å². The summed E-state index contributed by atoms with van der Waals surface area (Å²) in [5.74, 6) is 0. The van der Waals surface area contributed by atoms with Crippen molar-refractivity contribution >= 4 is 101 Å². The summed E-state index contributed by atoms with van der Waals surface area (Å²) in [5, 5.41) is 30.7. The predicted molar refractivity (Wildman–Crippen MR) is 351 cm³/mol. The minimum absolute atomic E-state index is 0. The Bertz CT molecular complexity index is 2700. The van der Waals surface area contributed by atoms with Crippen molar-refractivity contribution in [1.29, 1.82) is 0 Å². The minimum Gasteiger partial charge on any atom is -0.450 e. The van der Waals surface area contributed by atoms with Gasteiger partial charge in [0.2, 0.25) is 0 Å². The molecule has 0 aliphatic heterocycles. The maximum absolute atomic E-state index is 8.56. The summed E-state index contributed by atoms with van der Waals surface area (Å²) in [6.07, 6.45) is -1.83. The molecule has 0 spiro atoms. The molecule has 0 amide bonds. The fourth-order valence-corrected chi connectivity index (χ4v) is 17.9. The van der Waals surface area contributed by atoms with E-state index >= 15 is 0 Å². The first kappa shape index (κ1) is 60.9. The molecule has 12 aromatic carbocycles. The molecule has 0 fully saturated rings.